The summed E-state index contributed by atoms with van der Waals surface area (Å²) in [5, 5.41) is 3.95. The Balaban J connectivity index is 2.77. The molecule has 0 amide bonds. The topological polar surface area (TPSA) is 44.1 Å². The molecule has 0 saturated carbocycles. The summed E-state index contributed by atoms with van der Waals surface area (Å²) >= 11 is 3.24. The Morgan fingerprint density at radius 2 is 2.50 bits per heavy atom. The molecular weight excluding hydrogens is 224 g/mol. The molecule has 0 radical (unpaired) electrons. The molecule has 0 aliphatic carbocycles. The number of carbonyl (C=O) groups is 1. The summed E-state index contributed by atoms with van der Waals surface area (Å²) in [5.41, 5.74) is 0. The van der Waals surface area contributed by atoms with Gasteiger partial charge in [0.15, 0.2) is 0 Å². The van der Waals surface area contributed by atoms with Gasteiger partial charge < -0.3 is 4.74 Å². The molecule has 1 rings (SSSR count). The summed E-state index contributed by atoms with van der Waals surface area (Å²) in [4.78, 5) is 11.0. The van der Waals surface area contributed by atoms with E-state index < -0.39 is 0 Å². The van der Waals surface area contributed by atoms with E-state index in [2.05, 4.69) is 25.8 Å². The summed E-state index contributed by atoms with van der Waals surface area (Å²) in [6.07, 6.45) is 3.35. The van der Waals surface area contributed by atoms with Gasteiger partial charge in [0.05, 0.1) is 17.8 Å². The third-order valence-corrected chi connectivity index (χ3v) is 1.92. The second kappa shape index (κ2) is 3.71. The van der Waals surface area contributed by atoms with Crippen molar-refractivity contribution in [3.05, 3.63) is 16.9 Å². The van der Waals surface area contributed by atoms with Crippen LogP contribution in [0.4, 0.5) is 0 Å². The van der Waals surface area contributed by atoms with Crippen molar-refractivity contribution in [1.82, 2.24) is 9.78 Å². The maximum absolute atomic E-state index is 11.0. The van der Waals surface area contributed by atoms with E-state index >= 15 is 0 Å². The first kappa shape index (κ1) is 9.25. The molecular formula is C7H9BrN2O2. The molecule has 0 aromatic carbocycles. The van der Waals surface area contributed by atoms with Crippen LogP contribution >= 0.6 is 15.9 Å². The highest BCUT2D eigenvalue weighted by Crippen LogP contribution is 2.12. The minimum atomic E-state index is -0.374. The zero-order chi connectivity index (χ0) is 9.14. The van der Waals surface area contributed by atoms with Crippen LogP contribution in [-0.2, 0) is 9.53 Å². The van der Waals surface area contributed by atoms with E-state index in [0.29, 0.717) is 0 Å². The van der Waals surface area contributed by atoms with Gasteiger partial charge in [-0.05, 0) is 22.9 Å². The van der Waals surface area contributed by atoms with E-state index in [1.54, 1.807) is 19.3 Å². The number of hydrogen-bond acceptors (Lipinski definition) is 3. The first-order valence-electron chi connectivity index (χ1n) is 3.42. The Morgan fingerprint density at radius 1 is 1.83 bits per heavy atom. The number of aromatic nitrogens is 2. The number of carbonyl (C=O) groups excluding carboxylic acids is 1. The summed E-state index contributed by atoms with van der Waals surface area (Å²) in [6.45, 7) is 1.73. The van der Waals surface area contributed by atoms with Gasteiger partial charge in [-0.15, -0.1) is 0 Å². The molecule has 5 heteroatoms. The van der Waals surface area contributed by atoms with E-state index in [4.69, 9.17) is 0 Å². The Kier molecular flexibility index (Phi) is 2.86. The average Bonchev–Trinajstić information content (AvgIpc) is 2.49. The fourth-order valence-corrected chi connectivity index (χ4v) is 1.11. The van der Waals surface area contributed by atoms with Gasteiger partial charge in [-0.3, -0.25) is 4.68 Å². The van der Waals surface area contributed by atoms with Gasteiger partial charge in [-0.25, -0.2) is 4.79 Å². The third-order valence-electron chi connectivity index (χ3n) is 1.51. The molecule has 1 atom stereocenters. The summed E-state index contributed by atoms with van der Waals surface area (Å²) in [5.74, 6) is -0.300. The largest absolute Gasteiger partial charge is 0.467 e. The quantitative estimate of drug-likeness (QED) is 0.725. The fraction of sp³-hybridized carbons (Fsp3) is 0.429. The summed E-state index contributed by atoms with van der Waals surface area (Å²) < 4.78 is 6.94. The second-order valence-corrected chi connectivity index (χ2v) is 3.25. The number of ether oxygens (including phenoxy) is 1. The smallest absolute Gasteiger partial charge is 0.330 e. The van der Waals surface area contributed by atoms with Crippen molar-refractivity contribution in [2.45, 2.75) is 13.0 Å². The maximum Gasteiger partial charge on any atom is 0.330 e. The number of hydrogen-bond donors (Lipinski definition) is 0. The molecule has 1 heterocycles. The van der Waals surface area contributed by atoms with Crippen LogP contribution in [0.2, 0.25) is 0 Å². The van der Waals surface area contributed by atoms with Crippen LogP contribution < -0.4 is 0 Å². The van der Waals surface area contributed by atoms with E-state index in [1.165, 1.54) is 11.8 Å². The van der Waals surface area contributed by atoms with Gasteiger partial charge in [0.1, 0.15) is 6.04 Å². The van der Waals surface area contributed by atoms with Crippen LogP contribution in [0.5, 0.6) is 0 Å². The van der Waals surface area contributed by atoms with Crippen molar-refractivity contribution in [2.24, 2.45) is 0 Å². The lowest BCUT2D eigenvalue weighted by Gasteiger charge is -2.08. The Labute approximate surface area is 78.6 Å². The van der Waals surface area contributed by atoms with Crippen molar-refractivity contribution in [3.8, 4) is 0 Å². The van der Waals surface area contributed by atoms with Crippen LogP contribution in [0.15, 0.2) is 16.9 Å². The van der Waals surface area contributed by atoms with E-state index in [9.17, 15) is 4.79 Å². The van der Waals surface area contributed by atoms with E-state index in [0.717, 1.165) is 4.47 Å². The number of methoxy groups -OCH3 is 1. The molecule has 1 unspecified atom stereocenters. The lowest BCUT2D eigenvalue weighted by atomic mass is 10.3. The molecule has 0 aliphatic heterocycles. The van der Waals surface area contributed by atoms with Crippen molar-refractivity contribution in [1.29, 1.82) is 0 Å². The van der Waals surface area contributed by atoms with Gasteiger partial charge in [0, 0.05) is 6.20 Å². The highest BCUT2D eigenvalue weighted by molar-refractivity contribution is 9.10. The lowest BCUT2D eigenvalue weighted by molar-refractivity contribution is -0.144. The van der Waals surface area contributed by atoms with Gasteiger partial charge >= 0.3 is 5.97 Å². The molecule has 0 N–H and O–H groups in total. The van der Waals surface area contributed by atoms with Crippen LogP contribution in [-0.4, -0.2) is 22.9 Å². The number of halogens is 1. The number of nitrogens with zero attached hydrogens (tertiary/aromatic N) is 2. The monoisotopic (exact) mass is 232 g/mol. The molecule has 1 aromatic heterocycles. The van der Waals surface area contributed by atoms with Crippen molar-refractivity contribution < 1.29 is 9.53 Å². The normalized spacial score (nSPS) is 12.6. The Morgan fingerprint density at radius 3 is 2.92 bits per heavy atom. The zero-order valence-electron chi connectivity index (χ0n) is 6.82. The van der Waals surface area contributed by atoms with Crippen LogP contribution in [0.3, 0.4) is 0 Å². The Bertz CT molecular complexity index is 285. The van der Waals surface area contributed by atoms with Gasteiger partial charge in [-0.1, -0.05) is 0 Å². The van der Waals surface area contributed by atoms with Crippen LogP contribution in [0.25, 0.3) is 0 Å². The highest BCUT2D eigenvalue weighted by atomic mass is 79.9. The molecule has 0 spiro atoms. The molecule has 0 aliphatic rings. The first-order valence-corrected chi connectivity index (χ1v) is 4.22. The molecule has 12 heavy (non-hydrogen) atoms. The highest BCUT2D eigenvalue weighted by Gasteiger charge is 2.15. The van der Waals surface area contributed by atoms with Crippen molar-refractivity contribution in [3.63, 3.8) is 0 Å². The standard InChI is InChI=1S/C7H9BrN2O2/c1-5(7(11)12-2)10-4-6(8)3-9-10/h3-5H,1-2H3. The second-order valence-electron chi connectivity index (χ2n) is 2.34. The predicted molar refractivity (Wildman–Crippen MR) is 46.7 cm³/mol. The van der Waals surface area contributed by atoms with E-state index in [1.807, 2.05) is 0 Å². The van der Waals surface area contributed by atoms with Gasteiger partial charge in [-0.2, -0.15) is 5.10 Å². The minimum Gasteiger partial charge on any atom is -0.467 e. The van der Waals surface area contributed by atoms with Crippen molar-refractivity contribution in [2.75, 3.05) is 7.11 Å². The summed E-state index contributed by atoms with van der Waals surface area (Å²) in [6, 6.07) is -0.374. The summed E-state index contributed by atoms with van der Waals surface area (Å²) in [7, 11) is 1.36. The minimum absolute atomic E-state index is 0.300. The number of esters is 1. The average molecular weight is 233 g/mol. The SMILES string of the molecule is COC(=O)C(C)n1cc(Br)cn1. The van der Waals surface area contributed by atoms with Crippen LogP contribution in [0, 0.1) is 0 Å². The predicted octanol–water partition coefficient (Wildman–Crippen LogP) is 1.38. The van der Waals surface area contributed by atoms with Crippen molar-refractivity contribution >= 4 is 21.9 Å². The molecule has 0 saturated heterocycles. The molecule has 4 nitrogen and oxygen atoms in total. The maximum atomic E-state index is 11.0. The lowest BCUT2D eigenvalue weighted by Crippen LogP contribution is -2.17. The van der Waals surface area contributed by atoms with Crippen LogP contribution in [0.1, 0.15) is 13.0 Å². The molecule has 0 bridgehead atoms. The molecule has 0 fully saturated rings. The van der Waals surface area contributed by atoms with E-state index in [-0.39, 0.29) is 12.0 Å². The fourth-order valence-electron chi connectivity index (χ4n) is 0.805. The number of rotatable bonds is 2. The first-order chi connectivity index (χ1) is 5.65. The zero-order valence-corrected chi connectivity index (χ0v) is 8.41. The third kappa shape index (κ3) is 1.85. The molecule has 66 valence electrons. The van der Waals surface area contributed by atoms with Gasteiger partial charge in [0.25, 0.3) is 0 Å². The van der Waals surface area contributed by atoms with Gasteiger partial charge in [0.2, 0.25) is 0 Å². The Hall–Kier alpha value is -0.840. The molecule has 1 aromatic rings.